The predicted molar refractivity (Wildman–Crippen MR) is 58.0 cm³/mol. The minimum absolute atomic E-state index is 0.661. The summed E-state index contributed by atoms with van der Waals surface area (Å²) in [5.41, 5.74) is 2.15. The van der Waals surface area contributed by atoms with Crippen LogP contribution in [0.15, 0.2) is 4.47 Å². The van der Waals surface area contributed by atoms with E-state index in [1.54, 1.807) is 0 Å². The molecule has 0 radical (unpaired) electrons. The van der Waals surface area contributed by atoms with E-state index >= 15 is 0 Å². The zero-order chi connectivity index (χ0) is 10.1. The van der Waals surface area contributed by atoms with E-state index in [0.29, 0.717) is 6.61 Å². The molecule has 1 saturated carbocycles. The van der Waals surface area contributed by atoms with Crippen LogP contribution in [-0.2, 0) is 18.4 Å². The van der Waals surface area contributed by atoms with Gasteiger partial charge in [-0.2, -0.15) is 5.10 Å². The average molecular weight is 259 g/mol. The Hall–Kier alpha value is -0.350. The molecule has 0 amide bonds. The first-order valence-electron chi connectivity index (χ1n) is 4.94. The van der Waals surface area contributed by atoms with Gasteiger partial charge in [-0.25, -0.2) is 0 Å². The van der Waals surface area contributed by atoms with Gasteiger partial charge in [0.05, 0.1) is 22.5 Å². The normalized spacial score (nSPS) is 16.2. The molecule has 0 N–H and O–H groups in total. The van der Waals surface area contributed by atoms with E-state index in [4.69, 9.17) is 4.74 Å². The summed E-state index contributed by atoms with van der Waals surface area (Å²) in [5, 5.41) is 4.31. The molecule has 0 unspecified atom stereocenters. The Morgan fingerprint density at radius 3 is 2.79 bits per heavy atom. The maximum absolute atomic E-state index is 5.63. The van der Waals surface area contributed by atoms with Gasteiger partial charge in [0.25, 0.3) is 0 Å². The average Bonchev–Trinajstić information content (AvgIpc) is 2.90. The molecule has 0 spiro atoms. The van der Waals surface area contributed by atoms with Gasteiger partial charge >= 0.3 is 0 Å². The van der Waals surface area contributed by atoms with E-state index in [9.17, 15) is 0 Å². The van der Waals surface area contributed by atoms with Gasteiger partial charge < -0.3 is 4.74 Å². The lowest BCUT2D eigenvalue weighted by atomic mass is 10.4. The summed E-state index contributed by atoms with van der Waals surface area (Å²) in [4.78, 5) is 0. The fourth-order valence-corrected chi connectivity index (χ4v) is 1.89. The minimum atomic E-state index is 0.661. The molecule has 4 heteroatoms. The fourth-order valence-electron chi connectivity index (χ4n) is 1.44. The van der Waals surface area contributed by atoms with Crippen molar-refractivity contribution in [1.29, 1.82) is 0 Å². The summed E-state index contributed by atoms with van der Waals surface area (Å²) in [6.45, 7) is 3.56. The molecule has 1 fully saturated rings. The van der Waals surface area contributed by atoms with Crippen LogP contribution in [0.3, 0.4) is 0 Å². The van der Waals surface area contributed by atoms with Crippen molar-refractivity contribution >= 4 is 15.9 Å². The van der Waals surface area contributed by atoms with Gasteiger partial charge in [0, 0.05) is 13.7 Å². The molecule has 0 atom stereocenters. The van der Waals surface area contributed by atoms with E-state index in [2.05, 4.69) is 21.0 Å². The molecule has 0 saturated heterocycles. The highest BCUT2D eigenvalue weighted by Crippen LogP contribution is 2.29. The van der Waals surface area contributed by atoms with Crippen LogP contribution in [0.2, 0.25) is 0 Å². The summed E-state index contributed by atoms with van der Waals surface area (Å²) >= 11 is 3.52. The van der Waals surface area contributed by atoms with Gasteiger partial charge in [0.2, 0.25) is 0 Å². The third-order valence-corrected chi connectivity index (χ3v) is 3.58. The number of nitrogens with zero attached hydrogens (tertiary/aromatic N) is 2. The number of hydrogen-bond donors (Lipinski definition) is 0. The second kappa shape index (κ2) is 4.03. The molecule has 0 bridgehead atoms. The van der Waals surface area contributed by atoms with Gasteiger partial charge in [-0.3, -0.25) is 4.68 Å². The smallest absolute Gasteiger partial charge is 0.0896 e. The highest BCUT2D eigenvalue weighted by atomic mass is 79.9. The number of aryl methyl sites for hydroxylation is 2. The van der Waals surface area contributed by atoms with Crippen LogP contribution in [-0.4, -0.2) is 16.4 Å². The molecular formula is C10H15BrN2O. The van der Waals surface area contributed by atoms with Gasteiger partial charge in [-0.05, 0) is 41.6 Å². The highest BCUT2D eigenvalue weighted by molar-refractivity contribution is 9.10. The van der Waals surface area contributed by atoms with E-state index in [1.165, 1.54) is 12.8 Å². The molecule has 1 aliphatic rings. The van der Waals surface area contributed by atoms with Gasteiger partial charge in [0.1, 0.15) is 0 Å². The number of aromatic nitrogens is 2. The Morgan fingerprint density at radius 1 is 1.57 bits per heavy atom. The van der Waals surface area contributed by atoms with Crippen molar-refractivity contribution in [2.24, 2.45) is 13.0 Å². The molecule has 1 heterocycles. The standard InChI is InChI=1S/C10H15BrN2O/c1-7-10(11)9(13(2)12-7)6-14-5-8-3-4-8/h8H,3-6H2,1-2H3. The van der Waals surface area contributed by atoms with Crippen molar-refractivity contribution in [1.82, 2.24) is 9.78 Å². The maximum Gasteiger partial charge on any atom is 0.0896 e. The van der Waals surface area contributed by atoms with Crippen LogP contribution in [0.1, 0.15) is 24.2 Å². The molecule has 1 aromatic rings. The monoisotopic (exact) mass is 258 g/mol. The summed E-state index contributed by atoms with van der Waals surface area (Å²) in [6, 6.07) is 0. The zero-order valence-electron chi connectivity index (χ0n) is 8.59. The fraction of sp³-hybridized carbons (Fsp3) is 0.700. The topological polar surface area (TPSA) is 27.1 Å². The molecular weight excluding hydrogens is 244 g/mol. The lowest BCUT2D eigenvalue weighted by Gasteiger charge is -2.04. The SMILES string of the molecule is Cc1nn(C)c(COCC2CC2)c1Br. The van der Waals surface area contributed by atoms with Crippen molar-refractivity contribution in [2.75, 3.05) is 6.61 Å². The first-order valence-corrected chi connectivity index (χ1v) is 5.73. The van der Waals surface area contributed by atoms with Crippen molar-refractivity contribution in [3.05, 3.63) is 15.9 Å². The first kappa shape index (κ1) is 10.2. The largest absolute Gasteiger partial charge is 0.375 e. The Morgan fingerprint density at radius 2 is 2.29 bits per heavy atom. The number of rotatable bonds is 4. The number of halogens is 1. The third-order valence-electron chi connectivity index (χ3n) is 2.55. The first-order chi connectivity index (χ1) is 6.68. The molecule has 0 aliphatic heterocycles. The van der Waals surface area contributed by atoms with Gasteiger partial charge in [-0.15, -0.1) is 0 Å². The van der Waals surface area contributed by atoms with Crippen LogP contribution in [0, 0.1) is 12.8 Å². The number of hydrogen-bond acceptors (Lipinski definition) is 2. The van der Waals surface area contributed by atoms with Crippen molar-refractivity contribution in [2.45, 2.75) is 26.4 Å². The van der Waals surface area contributed by atoms with Crippen LogP contribution >= 0.6 is 15.9 Å². The molecule has 1 aromatic heterocycles. The molecule has 14 heavy (non-hydrogen) atoms. The lowest BCUT2D eigenvalue weighted by Crippen LogP contribution is -2.03. The third kappa shape index (κ3) is 2.17. The van der Waals surface area contributed by atoms with E-state index in [0.717, 1.165) is 28.4 Å². The molecule has 1 aliphatic carbocycles. The van der Waals surface area contributed by atoms with E-state index in [-0.39, 0.29) is 0 Å². The van der Waals surface area contributed by atoms with E-state index < -0.39 is 0 Å². The maximum atomic E-state index is 5.63. The van der Waals surface area contributed by atoms with Gasteiger partial charge in [0.15, 0.2) is 0 Å². The lowest BCUT2D eigenvalue weighted by molar-refractivity contribution is 0.106. The zero-order valence-corrected chi connectivity index (χ0v) is 10.2. The van der Waals surface area contributed by atoms with Crippen molar-refractivity contribution in [3.63, 3.8) is 0 Å². The second-order valence-corrected chi connectivity index (χ2v) is 4.72. The Balaban J connectivity index is 1.93. The van der Waals surface area contributed by atoms with Gasteiger partial charge in [-0.1, -0.05) is 0 Å². The highest BCUT2D eigenvalue weighted by Gasteiger charge is 2.21. The quantitative estimate of drug-likeness (QED) is 0.830. The van der Waals surface area contributed by atoms with Crippen LogP contribution in [0.25, 0.3) is 0 Å². The summed E-state index contributed by atoms with van der Waals surface area (Å²) in [7, 11) is 1.95. The van der Waals surface area contributed by atoms with Crippen molar-refractivity contribution in [3.8, 4) is 0 Å². The predicted octanol–water partition coefficient (Wildman–Crippen LogP) is 2.42. The summed E-state index contributed by atoms with van der Waals surface area (Å²) < 4.78 is 8.59. The van der Waals surface area contributed by atoms with Crippen LogP contribution in [0.5, 0.6) is 0 Å². The number of ether oxygens (including phenoxy) is 1. The Bertz CT molecular complexity index is 331. The van der Waals surface area contributed by atoms with Crippen LogP contribution in [0.4, 0.5) is 0 Å². The van der Waals surface area contributed by atoms with Crippen molar-refractivity contribution < 1.29 is 4.74 Å². The summed E-state index contributed by atoms with van der Waals surface area (Å²) in [5.74, 6) is 0.822. The minimum Gasteiger partial charge on any atom is -0.375 e. The second-order valence-electron chi connectivity index (χ2n) is 3.93. The molecule has 2 rings (SSSR count). The summed E-state index contributed by atoms with van der Waals surface area (Å²) in [6.07, 6.45) is 2.68. The van der Waals surface area contributed by atoms with Crippen LogP contribution < -0.4 is 0 Å². The van der Waals surface area contributed by atoms with E-state index in [1.807, 2.05) is 18.7 Å². The molecule has 78 valence electrons. The Labute approximate surface area is 92.6 Å². The molecule has 3 nitrogen and oxygen atoms in total. The molecule has 0 aromatic carbocycles. The Kier molecular flexibility index (Phi) is 2.93.